The molecule has 2 aromatic rings. The third-order valence-corrected chi connectivity index (χ3v) is 4.39. The fourth-order valence-corrected chi connectivity index (χ4v) is 3.05. The van der Waals surface area contributed by atoms with Gasteiger partial charge in [-0.2, -0.15) is 0 Å². The molecule has 3 heteroatoms. The number of thiophene rings is 1. The van der Waals surface area contributed by atoms with Gasteiger partial charge >= 0.3 is 0 Å². The standard InChI is InChI=1S/C17H24N2S/c1-14(2)19(13-17-9-6-10-20-17)12-16-8-5-4-7-15(16)11-18-3/h4-10,14,18H,11-13H2,1-3H3. The van der Waals surface area contributed by atoms with Crippen LogP contribution in [-0.4, -0.2) is 18.0 Å². The summed E-state index contributed by atoms with van der Waals surface area (Å²) >= 11 is 1.84. The first-order chi connectivity index (χ1) is 9.70. The van der Waals surface area contributed by atoms with Crippen LogP contribution < -0.4 is 5.32 Å². The summed E-state index contributed by atoms with van der Waals surface area (Å²) in [6, 6.07) is 13.6. The van der Waals surface area contributed by atoms with Crippen LogP contribution in [0.5, 0.6) is 0 Å². The molecule has 1 N–H and O–H groups in total. The summed E-state index contributed by atoms with van der Waals surface area (Å²) in [6.45, 7) is 7.51. The Morgan fingerprint density at radius 3 is 2.40 bits per heavy atom. The monoisotopic (exact) mass is 288 g/mol. The van der Waals surface area contributed by atoms with Gasteiger partial charge in [-0.3, -0.25) is 4.90 Å². The molecule has 0 amide bonds. The summed E-state index contributed by atoms with van der Waals surface area (Å²) in [5.41, 5.74) is 2.82. The largest absolute Gasteiger partial charge is 0.316 e. The van der Waals surface area contributed by atoms with Crippen LogP contribution in [-0.2, 0) is 19.6 Å². The van der Waals surface area contributed by atoms with Crippen molar-refractivity contribution in [2.45, 2.75) is 39.5 Å². The lowest BCUT2D eigenvalue weighted by atomic mass is 10.1. The predicted octanol–water partition coefficient (Wildman–Crippen LogP) is 3.88. The van der Waals surface area contributed by atoms with Gasteiger partial charge in [0.05, 0.1) is 0 Å². The number of hydrogen-bond acceptors (Lipinski definition) is 3. The Labute approximate surface area is 126 Å². The molecule has 1 heterocycles. The zero-order chi connectivity index (χ0) is 14.4. The van der Waals surface area contributed by atoms with Crippen molar-refractivity contribution >= 4 is 11.3 Å². The minimum absolute atomic E-state index is 0.541. The summed E-state index contributed by atoms with van der Waals surface area (Å²) in [5, 5.41) is 5.41. The topological polar surface area (TPSA) is 15.3 Å². The second-order valence-electron chi connectivity index (χ2n) is 5.38. The SMILES string of the molecule is CNCc1ccccc1CN(Cc1cccs1)C(C)C. The van der Waals surface area contributed by atoms with Gasteiger partial charge in [-0.15, -0.1) is 11.3 Å². The zero-order valence-corrected chi connectivity index (χ0v) is 13.4. The van der Waals surface area contributed by atoms with Crippen LogP contribution in [0.2, 0.25) is 0 Å². The summed E-state index contributed by atoms with van der Waals surface area (Å²) in [7, 11) is 2.00. The lowest BCUT2D eigenvalue weighted by Crippen LogP contribution is -2.30. The van der Waals surface area contributed by atoms with Gasteiger partial charge in [0, 0.05) is 30.6 Å². The van der Waals surface area contributed by atoms with E-state index < -0.39 is 0 Å². The van der Waals surface area contributed by atoms with Crippen LogP contribution in [0.3, 0.4) is 0 Å². The Hall–Kier alpha value is -1.16. The van der Waals surface area contributed by atoms with Crippen LogP contribution >= 0.6 is 11.3 Å². The minimum Gasteiger partial charge on any atom is -0.316 e. The minimum atomic E-state index is 0.541. The van der Waals surface area contributed by atoms with Crippen molar-refractivity contribution in [1.29, 1.82) is 0 Å². The fraction of sp³-hybridized carbons (Fsp3) is 0.412. The van der Waals surface area contributed by atoms with E-state index >= 15 is 0 Å². The molecule has 0 unspecified atom stereocenters. The molecule has 2 nitrogen and oxygen atoms in total. The van der Waals surface area contributed by atoms with E-state index in [0.717, 1.165) is 19.6 Å². The average molecular weight is 288 g/mol. The van der Waals surface area contributed by atoms with Gasteiger partial charge in [0.1, 0.15) is 0 Å². The lowest BCUT2D eigenvalue weighted by Gasteiger charge is -2.27. The summed E-state index contributed by atoms with van der Waals surface area (Å²) in [5.74, 6) is 0. The Morgan fingerprint density at radius 1 is 1.05 bits per heavy atom. The van der Waals surface area contributed by atoms with E-state index in [1.54, 1.807) is 0 Å². The van der Waals surface area contributed by atoms with Crippen molar-refractivity contribution in [1.82, 2.24) is 10.2 Å². The predicted molar refractivity (Wildman–Crippen MR) is 87.9 cm³/mol. The molecular weight excluding hydrogens is 264 g/mol. The van der Waals surface area contributed by atoms with Crippen LogP contribution in [0.25, 0.3) is 0 Å². The van der Waals surface area contributed by atoms with Crippen LogP contribution in [0.15, 0.2) is 41.8 Å². The van der Waals surface area contributed by atoms with Crippen molar-refractivity contribution in [2.24, 2.45) is 0 Å². The Bertz CT molecular complexity index is 505. The Balaban J connectivity index is 2.11. The van der Waals surface area contributed by atoms with E-state index in [1.165, 1.54) is 16.0 Å². The number of nitrogens with one attached hydrogen (secondary N) is 1. The molecule has 1 aromatic heterocycles. The smallest absolute Gasteiger partial charge is 0.0334 e. The summed E-state index contributed by atoms with van der Waals surface area (Å²) < 4.78 is 0. The third kappa shape index (κ3) is 4.17. The average Bonchev–Trinajstić information content (AvgIpc) is 2.93. The van der Waals surface area contributed by atoms with Gasteiger partial charge in [0.25, 0.3) is 0 Å². The highest BCUT2D eigenvalue weighted by atomic mass is 32.1. The van der Waals surface area contributed by atoms with Crippen molar-refractivity contribution < 1.29 is 0 Å². The number of benzene rings is 1. The Kier molecular flexibility index (Phi) is 5.77. The van der Waals surface area contributed by atoms with Crippen molar-refractivity contribution in [3.8, 4) is 0 Å². The van der Waals surface area contributed by atoms with Gasteiger partial charge in [-0.25, -0.2) is 0 Å². The molecule has 0 spiro atoms. The molecule has 0 saturated carbocycles. The highest BCUT2D eigenvalue weighted by molar-refractivity contribution is 7.09. The molecule has 1 aromatic carbocycles. The van der Waals surface area contributed by atoms with Gasteiger partial charge in [-0.1, -0.05) is 30.3 Å². The number of rotatable bonds is 7. The van der Waals surface area contributed by atoms with E-state index in [1.807, 2.05) is 18.4 Å². The molecule has 0 bridgehead atoms. The van der Waals surface area contributed by atoms with Crippen LogP contribution in [0, 0.1) is 0 Å². The van der Waals surface area contributed by atoms with Crippen molar-refractivity contribution in [2.75, 3.05) is 7.05 Å². The first-order valence-electron chi connectivity index (χ1n) is 7.18. The number of hydrogen-bond donors (Lipinski definition) is 1. The van der Waals surface area contributed by atoms with Gasteiger partial charge in [-0.05, 0) is 43.5 Å². The lowest BCUT2D eigenvalue weighted by molar-refractivity contribution is 0.205. The van der Waals surface area contributed by atoms with Crippen LogP contribution in [0.4, 0.5) is 0 Å². The van der Waals surface area contributed by atoms with E-state index in [0.29, 0.717) is 6.04 Å². The maximum absolute atomic E-state index is 3.26. The summed E-state index contributed by atoms with van der Waals surface area (Å²) in [6.07, 6.45) is 0. The second-order valence-corrected chi connectivity index (χ2v) is 6.41. The molecule has 0 radical (unpaired) electrons. The zero-order valence-electron chi connectivity index (χ0n) is 12.6. The second kappa shape index (κ2) is 7.58. The molecule has 108 valence electrons. The first kappa shape index (κ1) is 15.2. The maximum Gasteiger partial charge on any atom is 0.0334 e. The van der Waals surface area contributed by atoms with Crippen molar-refractivity contribution in [3.05, 3.63) is 57.8 Å². The van der Waals surface area contributed by atoms with Gasteiger partial charge in [0.15, 0.2) is 0 Å². The molecular formula is C17H24N2S. The van der Waals surface area contributed by atoms with Gasteiger partial charge in [0.2, 0.25) is 0 Å². The molecule has 0 aliphatic heterocycles. The maximum atomic E-state index is 3.26. The van der Waals surface area contributed by atoms with E-state index in [9.17, 15) is 0 Å². The Morgan fingerprint density at radius 2 is 1.80 bits per heavy atom. The molecule has 0 fully saturated rings. The highest BCUT2D eigenvalue weighted by Gasteiger charge is 2.13. The molecule has 0 aliphatic carbocycles. The molecule has 0 atom stereocenters. The van der Waals surface area contributed by atoms with Crippen molar-refractivity contribution in [3.63, 3.8) is 0 Å². The summed E-state index contributed by atoms with van der Waals surface area (Å²) in [4.78, 5) is 3.96. The van der Waals surface area contributed by atoms with E-state index in [4.69, 9.17) is 0 Å². The fourth-order valence-electron chi connectivity index (χ4n) is 2.32. The third-order valence-electron chi connectivity index (χ3n) is 3.53. The molecule has 0 saturated heterocycles. The van der Waals surface area contributed by atoms with Crippen LogP contribution in [0.1, 0.15) is 29.9 Å². The van der Waals surface area contributed by atoms with Gasteiger partial charge < -0.3 is 5.32 Å². The first-order valence-corrected chi connectivity index (χ1v) is 8.06. The quantitative estimate of drug-likeness (QED) is 0.832. The number of nitrogens with zero attached hydrogens (tertiary/aromatic N) is 1. The van der Waals surface area contributed by atoms with E-state index in [-0.39, 0.29) is 0 Å². The normalized spacial score (nSPS) is 11.4. The highest BCUT2D eigenvalue weighted by Crippen LogP contribution is 2.18. The molecule has 20 heavy (non-hydrogen) atoms. The molecule has 0 aliphatic rings. The van der Waals surface area contributed by atoms with E-state index in [2.05, 4.69) is 65.8 Å². The molecule has 2 rings (SSSR count).